The van der Waals surface area contributed by atoms with Crippen LogP contribution in [0.25, 0.3) is 0 Å². The first-order valence-electron chi connectivity index (χ1n) is 12.0. The van der Waals surface area contributed by atoms with Crippen LogP contribution < -0.4 is 9.47 Å². The highest BCUT2D eigenvalue weighted by Gasteiger charge is 2.70. The van der Waals surface area contributed by atoms with E-state index in [0.29, 0.717) is 11.8 Å². The van der Waals surface area contributed by atoms with Gasteiger partial charge in [-0.1, -0.05) is 45.9 Å². The summed E-state index contributed by atoms with van der Waals surface area (Å²) in [5.74, 6) is 2.69. The number of ether oxygens (including phenoxy) is 2. The molecule has 2 aliphatic carbocycles. The molecule has 2 fully saturated rings. The van der Waals surface area contributed by atoms with Crippen molar-refractivity contribution >= 4 is 11.8 Å². The number of rotatable bonds is 3. The van der Waals surface area contributed by atoms with E-state index in [1.807, 2.05) is 17.8 Å². The van der Waals surface area contributed by atoms with E-state index in [1.54, 1.807) is 7.11 Å². The molecule has 0 saturated heterocycles. The van der Waals surface area contributed by atoms with Crippen molar-refractivity contribution < 1.29 is 14.6 Å². The van der Waals surface area contributed by atoms with E-state index in [4.69, 9.17) is 9.47 Å². The molecule has 0 radical (unpaired) electrons. The van der Waals surface area contributed by atoms with Crippen LogP contribution in [0.5, 0.6) is 11.5 Å². The molecule has 172 valence electrons. The van der Waals surface area contributed by atoms with Gasteiger partial charge in [0.05, 0.1) is 13.2 Å². The van der Waals surface area contributed by atoms with Crippen molar-refractivity contribution in [2.75, 3.05) is 7.11 Å². The predicted octanol–water partition coefficient (Wildman–Crippen LogP) is 6.89. The average molecular weight is 453 g/mol. The molecule has 2 unspecified atom stereocenters. The molecule has 2 aromatic carbocycles. The van der Waals surface area contributed by atoms with Gasteiger partial charge >= 0.3 is 0 Å². The minimum Gasteiger partial charge on any atom is -0.497 e. The number of methoxy groups -OCH3 is 1. The normalized spacial score (nSPS) is 37.4. The lowest BCUT2D eigenvalue weighted by Crippen LogP contribution is -2.70. The number of benzene rings is 2. The standard InChI is InChI=1S/C28H36O3S/c1-18-11-14-23-26(2,3)24(29)15-16-28(23)27(18,4)25(32-20-9-7-6-8-10-20)21-17-19(30-5)12-13-22(21)31-28/h6-10,12-13,17-18,23-25,29H,11,14-16H2,1-5H3/t18-,23+,24?,25+,27-,28?/m0/s1. The smallest absolute Gasteiger partial charge is 0.124 e. The van der Waals surface area contributed by atoms with E-state index in [-0.39, 0.29) is 27.8 Å². The number of thioether (sulfide) groups is 1. The minimum atomic E-state index is -0.290. The Morgan fingerprint density at radius 3 is 2.50 bits per heavy atom. The van der Waals surface area contributed by atoms with Crippen LogP contribution >= 0.6 is 11.8 Å². The van der Waals surface area contributed by atoms with Gasteiger partial charge in [0.1, 0.15) is 17.1 Å². The van der Waals surface area contributed by atoms with E-state index in [9.17, 15) is 5.11 Å². The molecule has 5 rings (SSSR count). The Bertz CT molecular complexity index is 989. The fourth-order valence-electron chi connectivity index (χ4n) is 7.12. The summed E-state index contributed by atoms with van der Waals surface area (Å²) in [5, 5.41) is 11.2. The molecule has 3 aliphatic rings. The lowest BCUT2D eigenvalue weighted by molar-refractivity contribution is -0.234. The maximum Gasteiger partial charge on any atom is 0.124 e. The highest BCUT2D eigenvalue weighted by atomic mass is 32.2. The lowest BCUT2D eigenvalue weighted by atomic mass is 9.43. The molecule has 6 atom stereocenters. The molecule has 2 aromatic rings. The Balaban J connectivity index is 1.72. The largest absolute Gasteiger partial charge is 0.497 e. The Morgan fingerprint density at radius 2 is 1.78 bits per heavy atom. The zero-order valence-electron chi connectivity index (χ0n) is 19.9. The molecule has 2 saturated carbocycles. The van der Waals surface area contributed by atoms with Crippen LogP contribution in [0.3, 0.4) is 0 Å². The monoisotopic (exact) mass is 452 g/mol. The summed E-state index contributed by atoms with van der Waals surface area (Å²) in [5.41, 5.74) is 0.697. The van der Waals surface area contributed by atoms with Gasteiger partial charge in [-0.25, -0.2) is 0 Å². The Kier molecular flexibility index (Phi) is 5.33. The van der Waals surface area contributed by atoms with E-state index >= 15 is 0 Å². The molecular formula is C28H36O3S. The van der Waals surface area contributed by atoms with Gasteiger partial charge in [0.2, 0.25) is 0 Å². The van der Waals surface area contributed by atoms with Crippen LogP contribution in [0.2, 0.25) is 0 Å². The van der Waals surface area contributed by atoms with Crippen molar-refractivity contribution in [1.82, 2.24) is 0 Å². The van der Waals surface area contributed by atoms with Crippen molar-refractivity contribution in [2.45, 2.75) is 75.2 Å². The maximum atomic E-state index is 11.0. The third kappa shape index (κ3) is 2.98. The van der Waals surface area contributed by atoms with Gasteiger partial charge in [-0.05, 0) is 67.3 Å². The highest BCUT2D eigenvalue weighted by molar-refractivity contribution is 7.99. The summed E-state index contributed by atoms with van der Waals surface area (Å²) < 4.78 is 12.8. The number of aliphatic hydroxyl groups excluding tert-OH is 1. The van der Waals surface area contributed by atoms with Crippen LogP contribution in [-0.2, 0) is 0 Å². The van der Waals surface area contributed by atoms with Crippen LogP contribution in [0.1, 0.15) is 64.2 Å². The highest BCUT2D eigenvalue weighted by Crippen LogP contribution is 2.71. The Hall–Kier alpha value is -1.65. The van der Waals surface area contributed by atoms with Gasteiger partial charge in [-0.2, -0.15) is 0 Å². The van der Waals surface area contributed by atoms with Crippen molar-refractivity contribution in [2.24, 2.45) is 22.7 Å². The quantitative estimate of drug-likeness (QED) is 0.550. The second-order valence-corrected chi connectivity index (χ2v) is 12.1. The van der Waals surface area contributed by atoms with E-state index in [2.05, 4.69) is 70.2 Å². The summed E-state index contributed by atoms with van der Waals surface area (Å²) >= 11 is 1.97. The SMILES string of the molecule is COc1ccc2c(c1)[C@@H](Sc1ccccc1)[C@]1(C)[C@@H](C)CC[C@@H]3C(C)(C)C(O)CCC31O2. The van der Waals surface area contributed by atoms with Crippen LogP contribution in [-0.4, -0.2) is 23.9 Å². The van der Waals surface area contributed by atoms with Gasteiger partial charge in [0.15, 0.2) is 0 Å². The topological polar surface area (TPSA) is 38.7 Å². The number of hydrogen-bond donors (Lipinski definition) is 1. The van der Waals surface area contributed by atoms with Gasteiger partial charge in [0, 0.05) is 27.0 Å². The minimum absolute atomic E-state index is 0.0762. The molecule has 1 aliphatic heterocycles. The van der Waals surface area contributed by atoms with Crippen LogP contribution in [0.15, 0.2) is 53.4 Å². The molecule has 0 aromatic heterocycles. The fourth-order valence-corrected chi connectivity index (χ4v) is 8.69. The second kappa shape index (κ2) is 7.70. The molecule has 0 bridgehead atoms. The van der Waals surface area contributed by atoms with Crippen molar-refractivity contribution in [1.29, 1.82) is 0 Å². The van der Waals surface area contributed by atoms with Crippen LogP contribution in [0, 0.1) is 22.7 Å². The summed E-state index contributed by atoms with van der Waals surface area (Å²) in [4.78, 5) is 1.29. The third-order valence-corrected chi connectivity index (χ3v) is 10.8. The number of fused-ring (bicyclic) bond motifs is 1. The Labute approximate surface area is 196 Å². The summed E-state index contributed by atoms with van der Waals surface area (Å²) in [6, 6.07) is 17.1. The van der Waals surface area contributed by atoms with Crippen molar-refractivity contribution in [3.05, 3.63) is 54.1 Å². The summed E-state index contributed by atoms with van der Waals surface area (Å²) in [7, 11) is 1.73. The predicted molar refractivity (Wildman–Crippen MR) is 130 cm³/mol. The van der Waals surface area contributed by atoms with Gasteiger partial charge < -0.3 is 14.6 Å². The van der Waals surface area contributed by atoms with Gasteiger partial charge in [-0.3, -0.25) is 0 Å². The molecule has 0 amide bonds. The first kappa shape index (κ1) is 22.2. The van der Waals surface area contributed by atoms with E-state index in [0.717, 1.165) is 37.2 Å². The third-order valence-electron chi connectivity index (χ3n) is 9.27. The van der Waals surface area contributed by atoms with Crippen LogP contribution in [0.4, 0.5) is 0 Å². The summed E-state index contributed by atoms with van der Waals surface area (Å²) in [6.07, 6.45) is 3.68. The number of aliphatic hydroxyl groups is 1. The molecule has 1 spiro atoms. The molecular weight excluding hydrogens is 416 g/mol. The maximum absolute atomic E-state index is 11.0. The molecule has 32 heavy (non-hydrogen) atoms. The van der Waals surface area contributed by atoms with E-state index < -0.39 is 0 Å². The van der Waals surface area contributed by atoms with Crippen molar-refractivity contribution in [3.8, 4) is 11.5 Å². The molecule has 4 heteroatoms. The summed E-state index contributed by atoms with van der Waals surface area (Å²) in [6.45, 7) is 9.40. The molecule has 1 N–H and O–H groups in total. The van der Waals surface area contributed by atoms with Gasteiger partial charge in [-0.15, -0.1) is 11.8 Å². The number of hydrogen-bond acceptors (Lipinski definition) is 4. The second-order valence-electron chi connectivity index (χ2n) is 10.9. The average Bonchev–Trinajstić information content (AvgIpc) is 2.79. The Morgan fingerprint density at radius 1 is 1.03 bits per heavy atom. The fraction of sp³-hybridized carbons (Fsp3) is 0.571. The lowest BCUT2D eigenvalue weighted by Gasteiger charge is -2.68. The zero-order chi connectivity index (χ0) is 22.7. The zero-order valence-corrected chi connectivity index (χ0v) is 20.7. The molecule has 3 nitrogen and oxygen atoms in total. The first-order chi connectivity index (χ1) is 15.2. The van der Waals surface area contributed by atoms with E-state index in [1.165, 1.54) is 10.5 Å². The van der Waals surface area contributed by atoms with Crippen molar-refractivity contribution in [3.63, 3.8) is 0 Å². The van der Waals surface area contributed by atoms with Gasteiger partial charge in [0.25, 0.3) is 0 Å². The first-order valence-corrected chi connectivity index (χ1v) is 12.9. The molecule has 1 heterocycles.